The Labute approximate surface area is 131 Å². The van der Waals surface area contributed by atoms with Gasteiger partial charge in [-0.3, -0.25) is 0 Å². The van der Waals surface area contributed by atoms with Gasteiger partial charge in [-0.15, -0.1) is 17.0 Å². The number of likely N-dealkylation sites (N-methyl/N-ethyl adjacent to an activating group) is 1. The van der Waals surface area contributed by atoms with Crippen LogP contribution in [0, 0.1) is 5.92 Å². The Bertz CT molecular complexity index is 518. The molecule has 0 spiro atoms. The van der Waals surface area contributed by atoms with Gasteiger partial charge in [-0.05, 0) is 68.5 Å². The molecule has 110 valence electrons. The van der Waals surface area contributed by atoms with Gasteiger partial charge < -0.3 is 10.0 Å². The Kier molecular flexibility index (Phi) is 3.62. The molecule has 0 aromatic heterocycles. The third kappa shape index (κ3) is 1.86. The topological polar surface area (TPSA) is 23.5 Å². The van der Waals surface area contributed by atoms with E-state index in [1.54, 1.807) is 0 Å². The molecule has 1 aliphatic heterocycles. The minimum absolute atomic E-state index is 0. The van der Waals surface area contributed by atoms with Gasteiger partial charge in [-0.25, -0.2) is 0 Å². The van der Waals surface area contributed by atoms with Crippen LogP contribution < -0.4 is 0 Å². The molecule has 20 heavy (non-hydrogen) atoms. The third-order valence-corrected chi connectivity index (χ3v) is 6.10. The highest BCUT2D eigenvalue weighted by molar-refractivity contribution is 8.93. The summed E-state index contributed by atoms with van der Waals surface area (Å²) in [6.07, 6.45) is 7.93. The fraction of sp³-hybridized carbons (Fsp3) is 0.647. The number of fused-ring (bicyclic) bond motifs is 1. The Morgan fingerprint density at radius 2 is 2.10 bits per heavy atom. The molecule has 4 rings (SSSR count). The largest absolute Gasteiger partial charge is 0.508 e. The minimum Gasteiger partial charge on any atom is -0.508 e. The molecule has 3 heteroatoms. The van der Waals surface area contributed by atoms with Crippen LogP contribution in [0.1, 0.15) is 43.2 Å². The standard InChI is InChI=1S/C17H23NO.BrH/c1-18-9-8-17-7-3-2-4-14(17)16(18)10-12-5-6-13(19)11-15(12)17;/h5-6,11,14,16,19H,2-4,7-10H2,1H3;1H/t14-,16+,17+;/m0./s1. The second-order valence-electron chi connectivity index (χ2n) is 6.85. The zero-order chi connectivity index (χ0) is 13.0. The number of piperidine rings is 1. The molecule has 2 bridgehead atoms. The molecule has 1 heterocycles. The number of rotatable bonds is 0. The van der Waals surface area contributed by atoms with E-state index in [9.17, 15) is 5.11 Å². The molecule has 1 N–H and O–H groups in total. The highest BCUT2D eigenvalue weighted by Gasteiger charge is 2.52. The van der Waals surface area contributed by atoms with Crippen LogP contribution in [0.4, 0.5) is 0 Å². The second-order valence-corrected chi connectivity index (χ2v) is 6.85. The molecule has 2 nitrogen and oxygen atoms in total. The van der Waals surface area contributed by atoms with Crippen LogP contribution in [0.15, 0.2) is 18.2 Å². The lowest BCUT2D eigenvalue weighted by atomic mass is 9.52. The van der Waals surface area contributed by atoms with Crippen LogP contribution in [0.25, 0.3) is 0 Å². The van der Waals surface area contributed by atoms with Crippen molar-refractivity contribution in [2.45, 2.75) is 50.0 Å². The highest BCUT2D eigenvalue weighted by Crippen LogP contribution is 2.55. The molecule has 1 aromatic rings. The molecule has 2 aliphatic carbocycles. The maximum atomic E-state index is 9.91. The summed E-state index contributed by atoms with van der Waals surface area (Å²) < 4.78 is 0. The molecule has 1 saturated carbocycles. The summed E-state index contributed by atoms with van der Waals surface area (Å²) in [5.74, 6) is 1.27. The van der Waals surface area contributed by atoms with E-state index in [2.05, 4.69) is 24.1 Å². The van der Waals surface area contributed by atoms with Crippen LogP contribution in [0.2, 0.25) is 0 Å². The SMILES string of the molecule is Br.CN1CC[C@]23CCCC[C@H]2[C@H]1Cc1ccc(O)cc13. The zero-order valence-corrected chi connectivity index (χ0v) is 13.9. The molecule has 0 unspecified atom stereocenters. The summed E-state index contributed by atoms with van der Waals surface area (Å²) in [6.45, 7) is 1.22. The predicted octanol–water partition coefficient (Wildman–Crippen LogP) is 3.66. The van der Waals surface area contributed by atoms with Crippen molar-refractivity contribution in [3.05, 3.63) is 29.3 Å². The lowest BCUT2D eigenvalue weighted by Gasteiger charge is -2.58. The van der Waals surface area contributed by atoms with Crippen LogP contribution >= 0.6 is 17.0 Å². The summed E-state index contributed by atoms with van der Waals surface area (Å²) >= 11 is 0. The number of likely N-dealkylation sites (tertiary alicyclic amines) is 1. The first-order valence-electron chi connectivity index (χ1n) is 7.73. The number of aromatic hydroxyl groups is 1. The second kappa shape index (κ2) is 5.03. The van der Waals surface area contributed by atoms with Crippen LogP contribution in [0.3, 0.4) is 0 Å². The molecule has 1 aromatic carbocycles. The van der Waals surface area contributed by atoms with Gasteiger partial charge in [0.2, 0.25) is 0 Å². The van der Waals surface area contributed by atoms with Crippen molar-refractivity contribution < 1.29 is 5.11 Å². The normalized spacial score (nSPS) is 35.6. The van der Waals surface area contributed by atoms with E-state index in [1.165, 1.54) is 56.2 Å². The Morgan fingerprint density at radius 1 is 1.25 bits per heavy atom. The summed E-state index contributed by atoms with van der Waals surface area (Å²) in [7, 11) is 2.30. The van der Waals surface area contributed by atoms with E-state index in [0.29, 0.717) is 11.2 Å². The molecule has 1 saturated heterocycles. The highest BCUT2D eigenvalue weighted by atomic mass is 79.9. The minimum atomic E-state index is 0. The zero-order valence-electron chi connectivity index (χ0n) is 12.1. The smallest absolute Gasteiger partial charge is 0.115 e. The van der Waals surface area contributed by atoms with E-state index < -0.39 is 0 Å². The van der Waals surface area contributed by atoms with E-state index in [0.717, 1.165) is 12.0 Å². The molecule has 0 radical (unpaired) electrons. The van der Waals surface area contributed by atoms with Gasteiger partial charge in [-0.2, -0.15) is 0 Å². The predicted molar refractivity (Wildman–Crippen MR) is 86.8 cm³/mol. The van der Waals surface area contributed by atoms with Gasteiger partial charge >= 0.3 is 0 Å². The van der Waals surface area contributed by atoms with Crippen molar-refractivity contribution in [1.82, 2.24) is 4.90 Å². The number of hydrogen-bond acceptors (Lipinski definition) is 2. The van der Waals surface area contributed by atoms with Gasteiger partial charge in [-0.1, -0.05) is 18.9 Å². The van der Waals surface area contributed by atoms with E-state index in [-0.39, 0.29) is 17.0 Å². The molecule has 3 atom stereocenters. The maximum absolute atomic E-state index is 9.91. The van der Waals surface area contributed by atoms with Crippen molar-refractivity contribution in [2.75, 3.05) is 13.6 Å². The lowest BCUT2D eigenvalue weighted by molar-refractivity contribution is 0.00274. The third-order valence-electron chi connectivity index (χ3n) is 6.10. The quantitative estimate of drug-likeness (QED) is 0.780. The first kappa shape index (κ1) is 14.4. The monoisotopic (exact) mass is 337 g/mol. The maximum Gasteiger partial charge on any atom is 0.115 e. The number of halogens is 1. The van der Waals surface area contributed by atoms with Gasteiger partial charge in [0.15, 0.2) is 0 Å². The molecule has 2 fully saturated rings. The molecule has 3 aliphatic rings. The van der Waals surface area contributed by atoms with Crippen LogP contribution in [0.5, 0.6) is 5.75 Å². The van der Waals surface area contributed by atoms with Gasteiger partial charge in [0.05, 0.1) is 0 Å². The van der Waals surface area contributed by atoms with Gasteiger partial charge in [0, 0.05) is 11.5 Å². The first-order chi connectivity index (χ1) is 9.21. The van der Waals surface area contributed by atoms with Crippen molar-refractivity contribution in [2.24, 2.45) is 5.92 Å². The van der Waals surface area contributed by atoms with Crippen molar-refractivity contribution in [3.63, 3.8) is 0 Å². The molecular formula is C17H24BrNO. The fourth-order valence-electron chi connectivity index (χ4n) is 5.18. The summed E-state index contributed by atoms with van der Waals surface area (Å²) in [4.78, 5) is 2.59. The molecular weight excluding hydrogens is 314 g/mol. The average Bonchev–Trinajstić information content (AvgIpc) is 2.43. The van der Waals surface area contributed by atoms with E-state index in [1.807, 2.05) is 6.07 Å². The Morgan fingerprint density at radius 3 is 2.95 bits per heavy atom. The number of nitrogens with zero attached hydrogens (tertiary/aromatic N) is 1. The number of benzene rings is 1. The first-order valence-corrected chi connectivity index (χ1v) is 7.73. The van der Waals surface area contributed by atoms with E-state index in [4.69, 9.17) is 0 Å². The van der Waals surface area contributed by atoms with Crippen molar-refractivity contribution in [3.8, 4) is 5.75 Å². The van der Waals surface area contributed by atoms with Crippen LogP contribution in [-0.4, -0.2) is 29.6 Å². The lowest BCUT2D eigenvalue weighted by Crippen LogP contribution is -2.59. The van der Waals surface area contributed by atoms with Crippen LogP contribution in [-0.2, 0) is 11.8 Å². The number of hydrogen-bond donors (Lipinski definition) is 1. The summed E-state index contributed by atoms with van der Waals surface area (Å²) in [6, 6.07) is 6.85. The van der Waals surface area contributed by atoms with Gasteiger partial charge in [0.1, 0.15) is 5.75 Å². The number of phenols is 1. The van der Waals surface area contributed by atoms with Crippen molar-refractivity contribution >= 4 is 17.0 Å². The summed E-state index contributed by atoms with van der Waals surface area (Å²) in [5, 5.41) is 9.91. The summed E-state index contributed by atoms with van der Waals surface area (Å²) in [5.41, 5.74) is 3.36. The fourth-order valence-corrected chi connectivity index (χ4v) is 5.18. The molecule has 0 amide bonds. The average molecular weight is 338 g/mol. The Balaban J connectivity index is 0.00000121. The van der Waals surface area contributed by atoms with Crippen molar-refractivity contribution in [1.29, 1.82) is 0 Å². The number of phenolic OH excluding ortho intramolecular Hbond substituents is 1. The van der Waals surface area contributed by atoms with E-state index >= 15 is 0 Å². The van der Waals surface area contributed by atoms with Gasteiger partial charge in [0.25, 0.3) is 0 Å². The Hall–Kier alpha value is -0.540.